The third-order valence-electron chi connectivity index (χ3n) is 2.26. The van der Waals surface area contributed by atoms with Gasteiger partial charge in [-0.05, 0) is 17.7 Å². The number of cyclic esters (lactones) is 1. The van der Waals surface area contributed by atoms with Gasteiger partial charge in [-0.2, -0.15) is 0 Å². The first kappa shape index (κ1) is 8.87. The van der Waals surface area contributed by atoms with Crippen LogP contribution in [0.3, 0.4) is 0 Å². The number of nitrogens with zero attached hydrogens (tertiary/aromatic N) is 1. The number of phenols is 1. The number of ether oxygens (including phenoxy) is 1. The van der Waals surface area contributed by atoms with Crippen LogP contribution in [0.4, 0.5) is 4.79 Å². The first-order valence-corrected chi connectivity index (χ1v) is 4.37. The first-order valence-electron chi connectivity index (χ1n) is 4.37. The topological polar surface area (TPSA) is 49.8 Å². The van der Waals surface area contributed by atoms with Gasteiger partial charge in [-0.1, -0.05) is 12.1 Å². The molecule has 1 N–H and O–H groups in total. The molecule has 4 heteroatoms. The van der Waals surface area contributed by atoms with Crippen LogP contribution in [-0.4, -0.2) is 29.7 Å². The minimum atomic E-state index is -0.303. The van der Waals surface area contributed by atoms with Gasteiger partial charge >= 0.3 is 6.09 Å². The zero-order valence-corrected chi connectivity index (χ0v) is 7.80. The molecule has 1 heterocycles. The molecule has 0 aromatic heterocycles. The Hall–Kier alpha value is -1.71. The van der Waals surface area contributed by atoms with Crippen LogP contribution in [0.1, 0.15) is 11.7 Å². The summed E-state index contributed by atoms with van der Waals surface area (Å²) in [5.74, 6) is 0.214. The molecule has 1 atom stereocenters. The smallest absolute Gasteiger partial charge is 0.410 e. The first-order chi connectivity index (χ1) is 6.66. The van der Waals surface area contributed by atoms with Gasteiger partial charge in [0.1, 0.15) is 11.9 Å². The van der Waals surface area contributed by atoms with E-state index in [4.69, 9.17) is 9.84 Å². The van der Waals surface area contributed by atoms with Crippen LogP contribution in [0.5, 0.6) is 5.75 Å². The zero-order valence-electron chi connectivity index (χ0n) is 7.80. The molecule has 1 aliphatic rings. The Morgan fingerprint density at radius 3 is 2.57 bits per heavy atom. The molecule has 1 amide bonds. The van der Waals surface area contributed by atoms with Crippen LogP contribution in [-0.2, 0) is 4.74 Å². The largest absolute Gasteiger partial charge is 0.508 e. The predicted molar refractivity (Wildman–Crippen MR) is 50.0 cm³/mol. The lowest BCUT2D eigenvalue weighted by Gasteiger charge is -2.07. The molecule has 74 valence electrons. The third-order valence-corrected chi connectivity index (χ3v) is 2.26. The fourth-order valence-corrected chi connectivity index (χ4v) is 1.43. The standard InChI is InChI=1S/C10H11NO3/c1-11-6-9(14-10(11)13)7-2-4-8(12)5-3-7/h2-5,9,12H,6H2,1H3. The number of rotatable bonds is 1. The predicted octanol–water partition coefficient (Wildman–Crippen LogP) is 1.52. The van der Waals surface area contributed by atoms with Crippen molar-refractivity contribution in [2.45, 2.75) is 6.10 Å². The molecule has 0 radical (unpaired) electrons. The molecule has 0 aliphatic carbocycles. The Morgan fingerprint density at radius 2 is 2.07 bits per heavy atom. The number of benzene rings is 1. The van der Waals surface area contributed by atoms with E-state index < -0.39 is 0 Å². The van der Waals surface area contributed by atoms with Gasteiger partial charge in [0.05, 0.1) is 6.54 Å². The van der Waals surface area contributed by atoms with Gasteiger partial charge < -0.3 is 14.7 Å². The van der Waals surface area contributed by atoms with E-state index in [1.807, 2.05) is 0 Å². The Morgan fingerprint density at radius 1 is 1.43 bits per heavy atom. The lowest BCUT2D eigenvalue weighted by molar-refractivity contribution is 0.135. The molecule has 1 aromatic carbocycles. The highest BCUT2D eigenvalue weighted by Gasteiger charge is 2.29. The average molecular weight is 193 g/mol. The number of carbonyl (C=O) groups excluding carboxylic acids is 1. The minimum absolute atomic E-state index is 0.214. The molecular formula is C10H11NO3. The molecule has 2 rings (SSSR count). The van der Waals surface area contributed by atoms with Gasteiger partial charge in [-0.25, -0.2) is 4.79 Å². The van der Waals surface area contributed by atoms with E-state index in [9.17, 15) is 4.79 Å². The van der Waals surface area contributed by atoms with Gasteiger partial charge in [0.25, 0.3) is 0 Å². The van der Waals surface area contributed by atoms with Gasteiger partial charge in [0.15, 0.2) is 0 Å². The second kappa shape index (κ2) is 3.21. The van der Waals surface area contributed by atoms with E-state index in [1.54, 1.807) is 31.3 Å². The number of hydrogen-bond donors (Lipinski definition) is 1. The summed E-state index contributed by atoms with van der Waals surface area (Å²) in [5, 5.41) is 9.09. The molecule has 1 aliphatic heterocycles. The summed E-state index contributed by atoms with van der Waals surface area (Å²) in [7, 11) is 1.70. The summed E-state index contributed by atoms with van der Waals surface area (Å²) < 4.78 is 5.10. The van der Waals surface area contributed by atoms with E-state index in [2.05, 4.69) is 0 Å². The van der Waals surface area contributed by atoms with Crippen LogP contribution in [0.25, 0.3) is 0 Å². The summed E-state index contributed by atoms with van der Waals surface area (Å²) in [5.41, 5.74) is 0.903. The Balaban J connectivity index is 2.17. The van der Waals surface area contributed by atoms with Crippen molar-refractivity contribution in [1.82, 2.24) is 4.90 Å². The molecule has 1 saturated heterocycles. The van der Waals surface area contributed by atoms with Crippen molar-refractivity contribution in [2.75, 3.05) is 13.6 Å². The molecule has 1 aromatic rings. The van der Waals surface area contributed by atoms with Gasteiger partial charge in [-0.15, -0.1) is 0 Å². The van der Waals surface area contributed by atoms with E-state index in [0.717, 1.165) is 5.56 Å². The summed E-state index contributed by atoms with van der Waals surface area (Å²) in [6, 6.07) is 6.68. The fraction of sp³-hybridized carbons (Fsp3) is 0.300. The van der Waals surface area contributed by atoms with Crippen molar-refractivity contribution >= 4 is 6.09 Å². The Bertz CT molecular complexity index is 347. The SMILES string of the molecule is CN1CC(c2ccc(O)cc2)OC1=O. The fourth-order valence-electron chi connectivity index (χ4n) is 1.43. The highest BCUT2D eigenvalue weighted by atomic mass is 16.6. The molecule has 0 bridgehead atoms. The van der Waals surface area contributed by atoms with Crippen molar-refractivity contribution in [3.8, 4) is 5.75 Å². The van der Waals surface area contributed by atoms with E-state index >= 15 is 0 Å². The van der Waals surface area contributed by atoms with Crippen molar-refractivity contribution < 1.29 is 14.6 Å². The number of carbonyl (C=O) groups is 1. The zero-order chi connectivity index (χ0) is 10.1. The lowest BCUT2D eigenvalue weighted by Crippen LogP contribution is -2.17. The molecular weight excluding hydrogens is 182 g/mol. The van der Waals surface area contributed by atoms with Crippen molar-refractivity contribution in [3.63, 3.8) is 0 Å². The van der Waals surface area contributed by atoms with Crippen LogP contribution in [0.15, 0.2) is 24.3 Å². The Labute approximate surface area is 81.7 Å². The molecule has 0 spiro atoms. The van der Waals surface area contributed by atoms with E-state index in [0.29, 0.717) is 6.54 Å². The number of likely N-dealkylation sites (N-methyl/N-ethyl adjacent to an activating group) is 1. The third kappa shape index (κ3) is 1.51. The maximum atomic E-state index is 11.1. The number of phenolic OH excluding ortho intramolecular Hbond substituents is 1. The van der Waals surface area contributed by atoms with Crippen molar-refractivity contribution in [2.24, 2.45) is 0 Å². The second-order valence-corrected chi connectivity index (χ2v) is 3.34. The van der Waals surface area contributed by atoms with Crippen LogP contribution in [0.2, 0.25) is 0 Å². The maximum Gasteiger partial charge on any atom is 0.410 e. The van der Waals surface area contributed by atoms with E-state index in [-0.39, 0.29) is 17.9 Å². The normalized spacial score (nSPS) is 21.1. The monoisotopic (exact) mass is 193 g/mol. The van der Waals surface area contributed by atoms with Crippen molar-refractivity contribution in [3.05, 3.63) is 29.8 Å². The summed E-state index contributed by atoms with van der Waals surface area (Å²) in [6.45, 7) is 0.559. The van der Waals surface area contributed by atoms with E-state index in [1.165, 1.54) is 4.90 Å². The lowest BCUT2D eigenvalue weighted by atomic mass is 10.1. The average Bonchev–Trinajstić information content (AvgIpc) is 2.48. The Kier molecular flexibility index (Phi) is 2.04. The summed E-state index contributed by atoms with van der Waals surface area (Å²) in [6.07, 6.45) is -0.517. The number of amides is 1. The summed E-state index contributed by atoms with van der Waals surface area (Å²) >= 11 is 0. The highest BCUT2D eigenvalue weighted by Crippen LogP contribution is 2.25. The number of aromatic hydroxyl groups is 1. The van der Waals surface area contributed by atoms with Gasteiger partial charge in [-0.3, -0.25) is 0 Å². The quantitative estimate of drug-likeness (QED) is 0.735. The van der Waals surface area contributed by atoms with Crippen LogP contribution < -0.4 is 0 Å². The van der Waals surface area contributed by atoms with Gasteiger partial charge in [0.2, 0.25) is 0 Å². The van der Waals surface area contributed by atoms with Crippen LogP contribution >= 0.6 is 0 Å². The molecule has 14 heavy (non-hydrogen) atoms. The molecule has 0 saturated carbocycles. The molecule has 1 fully saturated rings. The summed E-state index contributed by atoms with van der Waals surface area (Å²) in [4.78, 5) is 12.6. The second-order valence-electron chi connectivity index (χ2n) is 3.34. The maximum absolute atomic E-state index is 11.1. The molecule has 1 unspecified atom stereocenters. The highest BCUT2D eigenvalue weighted by molar-refractivity contribution is 5.69. The number of hydrogen-bond acceptors (Lipinski definition) is 3. The van der Waals surface area contributed by atoms with Crippen LogP contribution in [0, 0.1) is 0 Å². The molecule has 4 nitrogen and oxygen atoms in total. The van der Waals surface area contributed by atoms with Crippen molar-refractivity contribution in [1.29, 1.82) is 0 Å². The minimum Gasteiger partial charge on any atom is -0.508 e. The van der Waals surface area contributed by atoms with Gasteiger partial charge in [0, 0.05) is 7.05 Å².